The van der Waals surface area contributed by atoms with Crippen LogP contribution in [-0.2, 0) is 4.79 Å². The highest BCUT2D eigenvalue weighted by molar-refractivity contribution is 5.77. The molecule has 25 heavy (non-hydrogen) atoms. The first kappa shape index (κ1) is 17.2. The fourth-order valence-electron chi connectivity index (χ4n) is 2.91. The van der Waals surface area contributed by atoms with Crippen molar-refractivity contribution in [1.29, 1.82) is 0 Å². The molecule has 0 aliphatic carbocycles. The van der Waals surface area contributed by atoms with Crippen LogP contribution < -0.4 is 15.0 Å². The summed E-state index contributed by atoms with van der Waals surface area (Å²) in [7, 11) is 0. The summed E-state index contributed by atoms with van der Waals surface area (Å²) in [5.74, 6) is 2.07. The molecule has 0 atom stereocenters. The van der Waals surface area contributed by atoms with Crippen molar-refractivity contribution < 1.29 is 9.53 Å². The van der Waals surface area contributed by atoms with Crippen LogP contribution in [0.5, 0.6) is 5.75 Å². The highest BCUT2D eigenvalue weighted by Crippen LogP contribution is 2.20. The average molecular weight is 340 g/mol. The third-order valence-corrected chi connectivity index (χ3v) is 4.47. The van der Waals surface area contributed by atoms with Gasteiger partial charge in [0.1, 0.15) is 11.6 Å². The number of amides is 1. The van der Waals surface area contributed by atoms with E-state index in [9.17, 15) is 4.79 Å². The van der Waals surface area contributed by atoms with Crippen molar-refractivity contribution in [1.82, 2.24) is 15.3 Å². The van der Waals surface area contributed by atoms with Gasteiger partial charge in [-0.3, -0.25) is 9.78 Å². The summed E-state index contributed by atoms with van der Waals surface area (Å²) >= 11 is 0. The van der Waals surface area contributed by atoms with Crippen LogP contribution in [0.3, 0.4) is 0 Å². The SMILES string of the molecule is Cc1ccc(OCC(=O)NCC2CCN(c3cnccn3)CC2)cc1. The Morgan fingerprint density at radius 1 is 1.24 bits per heavy atom. The lowest BCUT2D eigenvalue weighted by molar-refractivity contribution is -0.123. The molecular formula is C19H24N4O2. The summed E-state index contributed by atoms with van der Waals surface area (Å²) < 4.78 is 5.50. The van der Waals surface area contributed by atoms with Gasteiger partial charge in [-0.2, -0.15) is 0 Å². The number of hydrogen-bond acceptors (Lipinski definition) is 5. The van der Waals surface area contributed by atoms with Crippen molar-refractivity contribution in [3.05, 3.63) is 48.4 Å². The van der Waals surface area contributed by atoms with Crippen molar-refractivity contribution in [2.45, 2.75) is 19.8 Å². The number of anilines is 1. The third kappa shape index (κ3) is 5.17. The molecule has 1 amide bonds. The Morgan fingerprint density at radius 3 is 2.68 bits per heavy atom. The maximum absolute atomic E-state index is 11.9. The summed E-state index contributed by atoms with van der Waals surface area (Å²) in [4.78, 5) is 22.6. The van der Waals surface area contributed by atoms with Gasteiger partial charge in [0.2, 0.25) is 0 Å². The summed E-state index contributed by atoms with van der Waals surface area (Å²) in [5.41, 5.74) is 1.17. The highest BCUT2D eigenvalue weighted by atomic mass is 16.5. The maximum atomic E-state index is 11.9. The summed E-state index contributed by atoms with van der Waals surface area (Å²) in [6, 6.07) is 7.70. The molecule has 3 rings (SSSR count). The smallest absolute Gasteiger partial charge is 0.257 e. The summed E-state index contributed by atoms with van der Waals surface area (Å²) in [6.07, 6.45) is 7.27. The summed E-state index contributed by atoms with van der Waals surface area (Å²) in [6.45, 7) is 4.66. The maximum Gasteiger partial charge on any atom is 0.257 e. The fourth-order valence-corrected chi connectivity index (χ4v) is 2.91. The molecule has 1 N–H and O–H groups in total. The Kier molecular flexibility index (Phi) is 5.82. The third-order valence-electron chi connectivity index (χ3n) is 4.47. The number of ether oxygens (including phenoxy) is 1. The number of nitrogens with one attached hydrogen (secondary N) is 1. The van der Waals surface area contributed by atoms with Crippen LogP contribution in [0, 0.1) is 12.8 Å². The van der Waals surface area contributed by atoms with E-state index in [0.717, 1.165) is 37.5 Å². The molecule has 1 aliphatic heterocycles. The molecule has 1 aliphatic rings. The first-order valence-corrected chi connectivity index (χ1v) is 8.68. The zero-order chi connectivity index (χ0) is 17.5. The number of aromatic nitrogens is 2. The number of hydrogen-bond donors (Lipinski definition) is 1. The van der Waals surface area contributed by atoms with Gasteiger partial charge < -0.3 is 15.0 Å². The Balaban J connectivity index is 1.35. The first-order valence-electron chi connectivity index (χ1n) is 8.68. The quantitative estimate of drug-likeness (QED) is 0.873. The van der Waals surface area contributed by atoms with Crippen LogP contribution in [-0.4, -0.2) is 42.1 Å². The van der Waals surface area contributed by atoms with E-state index in [-0.39, 0.29) is 12.5 Å². The number of carbonyl (C=O) groups excluding carboxylic acids is 1. The van der Waals surface area contributed by atoms with Gasteiger partial charge in [-0.05, 0) is 37.8 Å². The fraction of sp³-hybridized carbons (Fsp3) is 0.421. The van der Waals surface area contributed by atoms with E-state index in [1.807, 2.05) is 31.2 Å². The molecule has 0 unspecified atom stereocenters. The molecule has 6 nitrogen and oxygen atoms in total. The normalized spacial score (nSPS) is 15.0. The first-order chi connectivity index (χ1) is 12.2. The van der Waals surface area contributed by atoms with Crippen molar-refractivity contribution in [2.24, 2.45) is 5.92 Å². The minimum atomic E-state index is -0.0723. The second-order valence-electron chi connectivity index (χ2n) is 6.40. The number of aryl methyl sites for hydroxylation is 1. The van der Waals surface area contributed by atoms with Gasteiger partial charge in [0.25, 0.3) is 5.91 Å². The van der Waals surface area contributed by atoms with Gasteiger partial charge in [-0.25, -0.2) is 4.98 Å². The van der Waals surface area contributed by atoms with Gasteiger partial charge in [0.15, 0.2) is 6.61 Å². The van der Waals surface area contributed by atoms with Crippen LogP contribution in [0.4, 0.5) is 5.82 Å². The lowest BCUT2D eigenvalue weighted by atomic mass is 9.97. The predicted octanol–water partition coefficient (Wildman–Crippen LogP) is 2.20. The predicted molar refractivity (Wildman–Crippen MR) is 96.7 cm³/mol. The molecule has 132 valence electrons. The van der Waals surface area contributed by atoms with Gasteiger partial charge in [-0.15, -0.1) is 0 Å². The van der Waals surface area contributed by atoms with E-state index in [2.05, 4.69) is 20.2 Å². The number of benzene rings is 1. The molecular weight excluding hydrogens is 316 g/mol. The standard InChI is InChI=1S/C19H24N4O2/c1-15-2-4-17(5-3-15)25-14-19(24)22-12-16-6-10-23(11-7-16)18-13-20-8-9-21-18/h2-5,8-9,13,16H,6-7,10-12,14H2,1H3,(H,22,24). The van der Waals surface area contributed by atoms with Crippen molar-refractivity contribution in [2.75, 3.05) is 31.1 Å². The average Bonchev–Trinajstić information content (AvgIpc) is 2.67. The molecule has 0 spiro atoms. The molecule has 1 aromatic carbocycles. The molecule has 0 radical (unpaired) electrons. The van der Waals surface area contributed by atoms with Crippen LogP contribution in [0.1, 0.15) is 18.4 Å². The number of piperidine rings is 1. The van der Waals surface area contributed by atoms with Crippen LogP contribution >= 0.6 is 0 Å². The largest absolute Gasteiger partial charge is 0.484 e. The van der Waals surface area contributed by atoms with Crippen LogP contribution in [0.2, 0.25) is 0 Å². The Morgan fingerprint density at radius 2 is 2.00 bits per heavy atom. The van der Waals surface area contributed by atoms with E-state index >= 15 is 0 Å². The van der Waals surface area contributed by atoms with Crippen LogP contribution in [0.25, 0.3) is 0 Å². The van der Waals surface area contributed by atoms with E-state index in [4.69, 9.17) is 4.74 Å². The molecule has 6 heteroatoms. The van der Waals surface area contributed by atoms with Gasteiger partial charge in [0, 0.05) is 32.0 Å². The Bertz CT molecular complexity index is 668. The molecule has 2 aromatic rings. The zero-order valence-electron chi connectivity index (χ0n) is 14.5. The second-order valence-corrected chi connectivity index (χ2v) is 6.40. The van der Waals surface area contributed by atoms with Gasteiger partial charge in [-0.1, -0.05) is 17.7 Å². The number of nitrogens with zero attached hydrogens (tertiary/aromatic N) is 3. The monoisotopic (exact) mass is 340 g/mol. The summed E-state index contributed by atoms with van der Waals surface area (Å²) in [5, 5.41) is 2.98. The second kappa shape index (κ2) is 8.46. The molecule has 2 heterocycles. The van der Waals surface area contributed by atoms with E-state index in [1.54, 1.807) is 18.6 Å². The van der Waals surface area contributed by atoms with Gasteiger partial charge in [0.05, 0.1) is 6.20 Å². The molecule has 0 bridgehead atoms. The molecule has 0 saturated carbocycles. The minimum absolute atomic E-state index is 0.0571. The van der Waals surface area contributed by atoms with E-state index < -0.39 is 0 Å². The topological polar surface area (TPSA) is 67.3 Å². The lowest BCUT2D eigenvalue weighted by Crippen LogP contribution is -2.40. The molecule has 1 saturated heterocycles. The Hall–Kier alpha value is -2.63. The van der Waals surface area contributed by atoms with Crippen molar-refractivity contribution in [3.63, 3.8) is 0 Å². The highest BCUT2D eigenvalue weighted by Gasteiger charge is 2.20. The zero-order valence-corrected chi connectivity index (χ0v) is 14.5. The van der Waals surface area contributed by atoms with Gasteiger partial charge >= 0.3 is 0 Å². The van der Waals surface area contributed by atoms with Crippen molar-refractivity contribution in [3.8, 4) is 5.75 Å². The van der Waals surface area contributed by atoms with E-state index in [0.29, 0.717) is 12.5 Å². The van der Waals surface area contributed by atoms with Crippen LogP contribution in [0.15, 0.2) is 42.9 Å². The number of rotatable bonds is 6. The number of carbonyl (C=O) groups is 1. The minimum Gasteiger partial charge on any atom is -0.484 e. The van der Waals surface area contributed by atoms with Crippen molar-refractivity contribution >= 4 is 11.7 Å². The Labute approximate surface area is 148 Å². The molecule has 1 aromatic heterocycles. The lowest BCUT2D eigenvalue weighted by Gasteiger charge is -2.32. The molecule has 1 fully saturated rings. The van der Waals surface area contributed by atoms with E-state index in [1.165, 1.54) is 5.56 Å².